The highest BCUT2D eigenvalue weighted by molar-refractivity contribution is 6.15. The van der Waals surface area contributed by atoms with Gasteiger partial charge in [-0.2, -0.15) is 0 Å². The number of pyridine rings is 2. The number of aryl methyl sites for hydroxylation is 1. The third-order valence-corrected chi connectivity index (χ3v) is 7.08. The van der Waals surface area contributed by atoms with Gasteiger partial charge in [0.05, 0.1) is 28.6 Å². The lowest BCUT2D eigenvalue weighted by molar-refractivity contribution is 0.0730. The first-order valence-electron chi connectivity index (χ1n) is 12.6. The number of aliphatic hydroxyl groups is 1. The molecule has 3 aromatic carbocycles. The maximum absolute atomic E-state index is 14.1. The number of hydrogen-bond acceptors (Lipinski definition) is 8. The van der Waals surface area contributed by atoms with Crippen molar-refractivity contribution in [1.29, 1.82) is 0 Å². The number of carbonyl (C=O) groups excluding carboxylic acids is 1. The fraction of sp³-hybridized carbons (Fsp3) is 0.233. The number of hydrogen-bond donors (Lipinski definition) is 1. The summed E-state index contributed by atoms with van der Waals surface area (Å²) in [5.41, 5.74) is 2.73. The zero-order valence-electron chi connectivity index (χ0n) is 21.9. The van der Waals surface area contributed by atoms with Crippen LogP contribution in [0.1, 0.15) is 21.5 Å². The predicted octanol–water partition coefficient (Wildman–Crippen LogP) is 4.01. The Morgan fingerprint density at radius 1 is 1.05 bits per heavy atom. The summed E-state index contributed by atoms with van der Waals surface area (Å²) in [4.78, 5) is 33.7. The molecule has 3 heterocycles. The Hall–Kier alpha value is -4.47. The summed E-state index contributed by atoms with van der Waals surface area (Å²) in [6.45, 7) is 2.62. The zero-order valence-corrected chi connectivity index (χ0v) is 21.9. The average Bonchev–Trinajstić information content (AvgIpc) is 3.39. The molecule has 2 aromatic heterocycles. The Balaban J connectivity index is 1.61. The summed E-state index contributed by atoms with van der Waals surface area (Å²) in [7, 11) is 3.89. The zero-order chi connectivity index (χ0) is 27.3. The van der Waals surface area contributed by atoms with Crippen LogP contribution in [0.15, 0.2) is 59.5 Å². The lowest BCUT2D eigenvalue weighted by atomic mass is 10.0. The quantitative estimate of drug-likeness (QED) is 0.202. The molecule has 0 amide bonds. The lowest BCUT2D eigenvalue weighted by Crippen LogP contribution is -2.27. The smallest absolute Gasteiger partial charge is 0.343 e. The second-order valence-corrected chi connectivity index (χ2v) is 9.87. The van der Waals surface area contributed by atoms with E-state index in [-0.39, 0.29) is 24.7 Å². The number of likely N-dealkylation sites (N-methyl/N-ethyl adjacent to an activating group) is 1. The number of esters is 1. The molecule has 6 rings (SSSR count). The number of aliphatic hydroxyl groups excluding tert-OH is 1. The molecule has 39 heavy (non-hydrogen) atoms. The van der Waals surface area contributed by atoms with E-state index < -0.39 is 5.97 Å². The van der Waals surface area contributed by atoms with Crippen LogP contribution in [0.25, 0.3) is 32.6 Å². The van der Waals surface area contributed by atoms with Crippen molar-refractivity contribution in [3.05, 3.63) is 81.8 Å². The number of fused-ring (bicyclic) bond motifs is 6. The van der Waals surface area contributed by atoms with Crippen LogP contribution >= 0.6 is 0 Å². The van der Waals surface area contributed by atoms with Crippen LogP contribution in [0.4, 0.5) is 0 Å². The molecule has 0 unspecified atom stereocenters. The highest BCUT2D eigenvalue weighted by Crippen LogP contribution is 2.39. The first-order chi connectivity index (χ1) is 18.9. The molecule has 9 nitrogen and oxygen atoms in total. The van der Waals surface area contributed by atoms with Gasteiger partial charge in [0.25, 0.3) is 5.56 Å². The standard InChI is InChI=1S/C30H27N3O6/c1-17-6-4-5-7-19(17)30(36)39-25-11-21-20(10-18(25)15-34)23-14-31-24-13-27-26(37-16-38-27)12-22(24)28(23)33(29(21)35)9-8-32(2)3/h4-7,10-14,34H,8-9,15-16H2,1-3H3. The minimum absolute atomic E-state index is 0.129. The van der Waals surface area contributed by atoms with Crippen LogP contribution in [0.5, 0.6) is 17.2 Å². The molecule has 0 radical (unpaired) electrons. The van der Waals surface area contributed by atoms with Gasteiger partial charge in [0, 0.05) is 41.7 Å². The Bertz CT molecular complexity index is 1840. The molecule has 198 valence electrons. The van der Waals surface area contributed by atoms with E-state index in [1.165, 1.54) is 0 Å². The fourth-order valence-corrected chi connectivity index (χ4v) is 5.02. The Morgan fingerprint density at radius 2 is 1.82 bits per heavy atom. The molecular formula is C30H27N3O6. The van der Waals surface area contributed by atoms with Gasteiger partial charge in [-0.25, -0.2) is 4.79 Å². The molecule has 0 fully saturated rings. The van der Waals surface area contributed by atoms with Crippen LogP contribution in [-0.2, 0) is 13.2 Å². The van der Waals surface area contributed by atoms with Gasteiger partial charge in [-0.1, -0.05) is 18.2 Å². The van der Waals surface area contributed by atoms with Crippen molar-refractivity contribution in [2.45, 2.75) is 20.1 Å². The topological polar surface area (TPSA) is 103 Å². The predicted molar refractivity (Wildman–Crippen MR) is 148 cm³/mol. The largest absolute Gasteiger partial charge is 0.454 e. The molecular weight excluding hydrogens is 498 g/mol. The highest BCUT2D eigenvalue weighted by Gasteiger charge is 2.22. The molecule has 0 saturated carbocycles. The molecule has 1 aliphatic heterocycles. The fourth-order valence-electron chi connectivity index (χ4n) is 5.02. The number of aromatic nitrogens is 2. The molecule has 0 bridgehead atoms. The number of benzene rings is 3. The SMILES string of the molecule is Cc1ccccc1C(=O)Oc1cc2c(=O)n(CCN(C)C)c3c4cc5c(cc4ncc3c2cc1CO)OCO5. The van der Waals surface area contributed by atoms with Crippen molar-refractivity contribution >= 4 is 38.5 Å². The van der Waals surface area contributed by atoms with Crippen LogP contribution in [0, 0.1) is 6.92 Å². The van der Waals surface area contributed by atoms with Gasteiger partial charge in [-0.3, -0.25) is 9.78 Å². The maximum Gasteiger partial charge on any atom is 0.343 e. The molecule has 0 spiro atoms. The average molecular weight is 526 g/mol. The van der Waals surface area contributed by atoms with Gasteiger partial charge >= 0.3 is 5.97 Å². The van der Waals surface area contributed by atoms with Crippen molar-refractivity contribution in [2.24, 2.45) is 0 Å². The van der Waals surface area contributed by atoms with Crippen LogP contribution in [-0.4, -0.2) is 53.0 Å². The maximum atomic E-state index is 14.1. The molecule has 1 aliphatic rings. The molecule has 0 aliphatic carbocycles. The molecule has 1 N–H and O–H groups in total. The lowest BCUT2D eigenvalue weighted by Gasteiger charge is -2.18. The van der Waals surface area contributed by atoms with Gasteiger partial charge in [0.2, 0.25) is 6.79 Å². The second kappa shape index (κ2) is 9.68. The van der Waals surface area contributed by atoms with Gasteiger partial charge in [-0.05, 0) is 56.2 Å². The van der Waals surface area contributed by atoms with Crippen molar-refractivity contribution in [1.82, 2.24) is 14.5 Å². The summed E-state index contributed by atoms with van der Waals surface area (Å²) < 4.78 is 18.6. The summed E-state index contributed by atoms with van der Waals surface area (Å²) in [6.07, 6.45) is 1.73. The van der Waals surface area contributed by atoms with Crippen molar-refractivity contribution in [2.75, 3.05) is 27.4 Å². The number of nitrogens with zero attached hydrogens (tertiary/aromatic N) is 3. The van der Waals surface area contributed by atoms with Gasteiger partial charge in [0.1, 0.15) is 5.75 Å². The first-order valence-corrected chi connectivity index (χ1v) is 12.6. The second-order valence-electron chi connectivity index (χ2n) is 9.87. The van der Waals surface area contributed by atoms with E-state index >= 15 is 0 Å². The van der Waals surface area contributed by atoms with E-state index in [1.54, 1.807) is 35.0 Å². The molecule has 9 heteroatoms. The first kappa shape index (κ1) is 24.8. The Kier molecular flexibility index (Phi) is 6.17. The van der Waals surface area contributed by atoms with Gasteiger partial charge < -0.3 is 28.8 Å². The Labute approximate surface area is 223 Å². The van der Waals surface area contributed by atoms with E-state index in [4.69, 9.17) is 14.2 Å². The number of rotatable bonds is 6. The van der Waals surface area contributed by atoms with Gasteiger partial charge in [0.15, 0.2) is 11.5 Å². The summed E-state index contributed by atoms with van der Waals surface area (Å²) >= 11 is 0. The Morgan fingerprint density at radius 3 is 2.56 bits per heavy atom. The summed E-state index contributed by atoms with van der Waals surface area (Å²) in [6, 6.07) is 14.0. The van der Waals surface area contributed by atoms with E-state index in [1.807, 2.05) is 50.2 Å². The minimum Gasteiger partial charge on any atom is -0.454 e. The van der Waals surface area contributed by atoms with Crippen LogP contribution in [0.3, 0.4) is 0 Å². The van der Waals surface area contributed by atoms with Crippen LogP contribution < -0.4 is 19.8 Å². The number of carbonyl (C=O) groups is 1. The van der Waals surface area contributed by atoms with Gasteiger partial charge in [-0.15, -0.1) is 0 Å². The van der Waals surface area contributed by atoms with Crippen LogP contribution in [0.2, 0.25) is 0 Å². The molecule has 0 atom stereocenters. The van der Waals surface area contributed by atoms with E-state index in [0.29, 0.717) is 57.5 Å². The highest BCUT2D eigenvalue weighted by atomic mass is 16.7. The van der Waals surface area contributed by atoms with Crippen molar-refractivity contribution in [3.8, 4) is 17.2 Å². The van der Waals surface area contributed by atoms with Crippen molar-refractivity contribution < 1.29 is 24.1 Å². The van der Waals surface area contributed by atoms with E-state index in [2.05, 4.69) is 4.98 Å². The molecule has 5 aromatic rings. The number of ether oxygens (including phenoxy) is 3. The third kappa shape index (κ3) is 4.25. The normalized spacial score (nSPS) is 12.6. The van der Waals surface area contributed by atoms with E-state index in [9.17, 15) is 14.7 Å². The summed E-state index contributed by atoms with van der Waals surface area (Å²) in [5, 5.41) is 12.7. The van der Waals surface area contributed by atoms with Crippen molar-refractivity contribution in [3.63, 3.8) is 0 Å². The van der Waals surface area contributed by atoms with E-state index in [0.717, 1.165) is 16.3 Å². The summed E-state index contributed by atoms with van der Waals surface area (Å²) in [5.74, 6) is 0.795. The monoisotopic (exact) mass is 525 g/mol. The third-order valence-electron chi connectivity index (χ3n) is 7.08. The minimum atomic E-state index is -0.556. The molecule has 0 saturated heterocycles.